The maximum atomic E-state index is 12.7. The molecule has 1 fully saturated rings. The SMILES string of the molecule is Cc1ccccc1OCC(=O)N1CCC[C@@H](c2ncc(Cc3ccccc3Cl)o2)C1. The topological polar surface area (TPSA) is 55.6 Å². The molecule has 30 heavy (non-hydrogen) atoms. The summed E-state index contributed by atoms with van der Waals surface area (Å²) in [5.41, 5.74) is 2.03. The summed E-state index contributed by atoms with van der Waals surface area (Å²) >= 11 is 6.25. The minimum atomic E-state index is -0.00852. The molecule has 1 aromatic heterocycles. The molecule has 6 heteroatoms. The number of carbonyl (C=O) groups excluding carboxylic acids is 1. The number of halogens is 1. The van der Waals surface area contributed by atoms with Crippen LogP contribution in [-0.4, -0.2) is 35.5 Å². The Morgan fingerprint density at radius 3 is 2.87 bits per heavy atom. The van der Waals surface area contributed by atoms with Crippen molar-refractivity contribution in [1.82, 2.24) is 9.88 Å². The van der Waals surface area contributed by atoms with E-state index >= 15 is 0 Å². The molecule has 0 aliphatic carbocycles. The number of para-hydroxylation sites is 1. The summed E-state index contributed by atoms with van der Waals surface area (Å²) in [5.74, 6) is 2.31. The number of rotatable bonds is 6. The minimum absolute atomic E-state index is 0.00852. The molecule has 0 saturated carbocycles. The number of carbonyl (C=O) groups is 1. The molecule has 5 nitrogen and oxygen atoms in total. The summed E-state index contributed by atoms with van der Waals surface area (Å²) in [7, 11) is 0. The van der Waals surface area contributed by atoms with Crippen LogP contribution in [0.25, 0.3) is 0 Å². The summed E-state index contributed by atoms with van der Waals surface area (Å²) in [4.78, 5) is 19.0. The Labute approximate surface area is 181 Å². The van der Waals surface area contributed by atoms with E-state index in [0.29, 0.717) is 18.9 Å². The van der Waals surface area contributed by atoms with Gasteiger partial charge in [-0.05, 0) is 43.0 Å². The fourth-order valence-electron chi connectivity index (χ4n) is 3.78. The molecular weight excluding hydrogens is 400 g/mol. The second kappa shape index (κ2) is 9.35. The molecule has 2 heterocycles. The lowest BCUT2D eigenvalue weighted by atomic mass is 9.98. The summed E-state index contributed by atoms with van der Waals surface area (Å²) in [5, 5.41) is 0.721. The van der Waals surface area contributed by atoms with Gasteiger partial charge >= 0.3 is 0 Å². The predicted octanol–water partition coefficient (Wildman–Crippen LogP) is 5.01. The van der Waals surface area contributed by atoms with Crippen LogP contribution < -0.4 is 4.74 Å². The zero-order chi connectivity index (χ0) is 20.9. The van der Waals surface area contributed by atoms with Crippen molar-refractivity contribution in [2.75, 3.05) is 19.7 Å². The number of nitrogens with zero attached hydrogens (tertiary/aromatic N) is 2. The maximum Gasteiger partial charge on any atom is 0.260 e. The zero-order valence-electron chi connectivity index (χ0n) is 17.0. The van der Waals surface area contributed by atoms with Gasteiger partial charge in [-0.15, -0.1) is 0 Å². The van der Waals surface area contributed by atoms with Gasteiger partial charge in [0.2, 0.25) is 0 Å². The lowest BCUT2D eigenvalue weighted by Crippen LogP contribution is -2.41. The van der Waals surface area contributed by atoms with E-state index in [1.165, 1.54) is 0 Å². The second-order valence-corrected chi connectivity index (χ2v) is 8.07. The Kier molecular flexibility index (Phi) is 6.38. The molecule has 0 spiro atoms. The van der Waals surface area contributed by atoms with Gasteiger partial charge in [0, 0.05) is 24.5 Å². The average molecular weight is 425 g/mol. The van der Waals surface area contributed by atoms with Crippen molar-refractivity contribution in [3.63, 3.8) is 0 Å². The number of amides is 1. The molecule has 3 aromatic rings. The van der Waals surface area contributed by atoms with Crippen LogP contribution >= 0.6 is 11.6 Å². The molecule has 0 radical (unpaired) electrons. The standard InChI is InChI=1S/C24H25ClN2O3/c1-17-7-2-5-11-22(17)29-16-23(28)27-12-6-9-19(15-27)24-26-14-20(30-24)13-18-8-3-4-10-21(18)25/h2-5,7-8,10-11,14,19H,6,9,12-13,15-16H2,1H3/t19-/m1/s1. The molecule has 2 aromatic carbocycles. The van der Waals surface area contributed by atoms with Crippen LogP contribution in [-0.2, 0) is 11.2 Å². The molecule has 0 unspecified atom stereocenters. The number of aryl methyl sites for hydroxylation is 1. The van der Waals surface area contributed by atoms with E-state index in [4.69, 9.17) is 20.8 Å². The van der Waals surface area contributed by atoms with Crippen molar-refractivity contribution < 1.29 is 13.9 Å². The van der Waals surface area contributed by atoms with E-state index < -0.39 is 0 Å². The summed E-state index contributed by atoms with van der Waals surface area (Å²) in [6.07, 6.45) is 4.24. The van der Waals surface area contributed by atoms with E-state index in [9.17, 15) is 4.79 Å². The Balaban J connectivity index is 1.36. The fraction of sp³-hybridized carbons (Fsp3) is 0.333. The number of ether oxygens (including phenoxy) is 1. The first-order valence-corrected chi connectivity index (χ1v) is 10.6. The maximum absolute atomic E-state index is 12.7. The van der Waals surface area contributed by atoms with Crippen LogP contribution in [0.15, 0.2) is 59.1 Å². The van der Waals surface area contributed by atoms with Gasteiger partial charge in [0.25, 0.3) is 5.91 Å². The molecule has 1 amide bonds. The number of benzene rings is 2. The third-order valence-electron chi connectivity index (χ3n) is 5.46. The van der Waals surface area contributed by atoms with Crippen LogP contribution in [0.5, 0.6) is 5.75 Å². The number of piperidine rings is 1. The van der Waals surface area contributed by atoms with Gasteiger partial charge in [0.1, 0.15) is 11.5 Å². The number of likely N-dealkylation sites (tertiary alicyclic amines) is 1. The normalized spacial score (nSPS) is 16.5. The average Bonchev–Trinajstić information content (AvgIpc) is 3.23. The number of hydrogen-bond acceptors (Lipinski definition) is 4. The highest BCUT2D eigenvalue weighted by atomic mass is 35.5. The van der Waals surface area contributed by atoms with Crippen LogP contribution in [0, 0.1) is 6.92 Å². The second-order valence-electron chi connectivity index (χ2n) is 7.67. The largest absolute Gasteiger partial charge is 0.484 e. The van der Waals surface area contributed by atoms with Gasteiger partial charge in [-0.3, -0.25) is 4.79 Å². The van der Waals surface area contributed by atoms with Crippen molar-refractivity contribution in [2.45, 2.75) is 32.1 Å². The molecule has 1 atom stereocenters. The number of oxazole rings is 1. The predicted molar refractivity (Wildman–Crippen MR) is 116 cm³/mol. The molecule has 1 saturated heterocycles. The Hall–Kier alpha value is -2.79. The van der Waals surface area contributed by atoms with Crippen molar-refractivity contribution in [3.05, 3.63) is 82.5 Å². The Morgan fingerprint density at radius 2 is 2.03 bits per heavy atom. The summed E-state index contributed by atoms with van der Waals surface area (Å²) in [6, 6.07) is 15.4. The zero-order valence-corrected chi connectivity index (χ0v) is 17.8. The first kappa shape index (κ1) is 20.5. The molecule has 4 rings (SSSR count). The lowest BCUT2D eigenvalue weighted by Gasteiger charge is -2.31. The third kappa shape index (κ3) is 4.85. The quantitative estimate of drug-likeness (QED) is 0.558. The highest BCUT2D eigenvalue weighted by Gasteiger charge is 2.28. The monoisotopic (exact) mass is 424 g/mol. The fourth-order valence-corrected chi connectivity index (χ4v) is 3.98. The van der Waals surface area contributed by atoms with Gasteiger partial charge in [0.15, 0.2) is 12.5 Å². The van der Waals surface area contributed by atoms with Crippen LogP contribution in [0.3, 0.4) is 0 Å². The van der Waals surface area contributed by atoms with Crippen LogP contribution in [0.2, 0.25) is 5.02 Å². The molecule has 1 aliphatic heterocycles. The highest BCUT2D eigenvalue weighted by molar-refractivity contribution is 6.31. The number of aromatic nitrogens is 1. The Morgan fingerprint density at radius 1 is 1.23 bits per heavy atom. The summed E-state index contributed by atoms with van der Waals surface area (Å²) < 4.78 is 11.7. The smallest absolute Gasteiger partial charge is 0.260 e. The molecular formula is C24H25ClN2O3. The van der Waals surface area contributed by atoms with Gasteiger partial charge < -0.3 is 14.1 Å². The van der Waals surface area contributed by atoms with Crippen molar-refractivity contribution in [1.29, 1.82) is 0 Å². The molecule has 1 aliphatic rings. The van der Waals surface area contributed by atoms with Crippen LogP contribution in [0.4, 0.5) is 0 Å². The summed E-state index contributed by atoms with van der Waals surface area (Å²) in [6.45, 7) is 3.35. The minimum Gasteiger partial charge on any atom is -0.484 e. The van der Waals surface area contributed by atoms with Gasteiger partial charge in [-0.2, -0.15) is 0 Å². The first-order valence-electron chi connectivity index (χ1n) is 10.2. The van der Waals surface area contributed by atoms with E-state index in [0.717, 1.165) is 47.0 Å². The molecule has 156 valence electrons. The number of hydrogen-bond donors (Lipinski definition) is 0. The lowest BCUT2D eigenvalue weighted by molar-refractivity contribution is -0.134. The van der Waals surface area contributed by atoms with E-state index in [1.54, 1.807) is 6.20 Å². The van der Waals surface area contributed by atoms with E-state index in [1.807, 2.05) is 60.4 Å². The van der Waals surface area contributed by atoms with Crippen molar-refractivity contribution in [3.8, 4) is 5.75 Å². The van der Waals surface area contributed by atoms with E-state index in [-0.39, 0.29) is 18.4 Å². The van der Waals surface area contributed by atoms with Gasteiger partial charge in [-0.1, -0.05) is 48.0 Å². The third-order valence-corrected chi connectivity index (χ3v) is 5.83. The van der Waals surface area contributed by atoms with Crippen LogP contribution in [0.1, 0.15) is 41.5 Å². The van der Waals surface area contributed by atoms with E-state index in [2.05, 4.69) is 4.98 Å². The highest BCUT2D eigenvalue weighted by Crippen LogP contribution is 2.28. The van der Waals surface area contributed by atoms with Gasteiger partial charge in [0.05, 0.1) is 12.1 Å². The molecule has 0 bridgehead atoms. The van der Waals surface area contributed by atoms with Crippen molar-refractivity contribution in [2.24, 2.45) is 0 Å². The first-order chi connectivity index (χ1) is 14.6. The van der Waals surface area contributed by atoms with Gasteiger partial charge in [-0.25, -0.2) is 4.98 Å². The molecule has 0 N–H and O–H groups in total. The van der Waals surface area contributed by atoms with Crippen molar-refractivity contribution >= 4 is 17.5 Å². The Bertz CT molecular complexity index is 1020.